The Morgan fingerprint density at radius 3 is 2.39 bits per heavy atom. The molecule has 0 saturated heterocycles. The first-order valence-corrected chi connectivity index (χ1v) is 7.96. The Hall–Kier alpha value is -2.42. The predicted molar refractivity (Wildman–Crippen MR) is 79.7 cm³/mol. The van der Waals surface area contributed by atoms with E-state index < -0.39 is 26.7 Å². The molecule has 0 amide bonds. The molecule has 0 spiro atoms. The lowest BCUT2D eigenvalue weighted by molar-refractivity contribution is 0.0695. The number of hydrogen-bond donors (Lipinski definition) is 1. The fourth-order valence-corrected chi connectivity index (χ4v) is 3.64. The molecule has 1 heterocycles. The minimum absolute atomic E-state index is 0.133. The fraction of sp³-hybridized carbons (Fsp3) is 0.286. The zero-order chi connectivity index (χ0) is 17.5. The van der Waals surface area contributed by atoms with Crippen molar-refractivity contribution in [2.24, 2.45) is 0 Å². The van der Waals surface area contributed by atoms with Crippen molar-refractivity contribution in [2.75, 3.05) is 11.4 Å². The zero-order valence-corrected chi connectivity index (χ0v) is 13.7. The van der Waals surface area contributed by atoms with Gasteiger partial charge in [-0.1, -0.05) is 5.16 Å². The van der Waals surface area contributed by atoms with Crippen LogP contribution in [0, 0.1) is 26.6 Å². The fourth-order valence-electron chi connectivity index (χ4n) is 2.28. The summed E-state index contributed by atoms with van der Waals surface area (Å²) in [6, 6.07) is 1.70. The van der Waals surface area contributed by atoms with Gasteiger partial charge in [-0.25, -0.2) is 17.6 Å². The summed E-state index contributed by atoms with van der Waals surface area (Å²) in [6.45, 7) is 4.46. The molecule has 0 radical (unpaired) electrons. The van der Waals surface area contributed by atoms with Crippen molar-refractivity contribution < 1.29 is 27.2 Å². The largest absolute Gasteiger partial charge is 0.478 e. The molecular formula is C14H15FN2O5S. The van der Waals surface area contributed by atoms with E-state index in [9.17, 15) is 17.6 Å². The number of rotatable bonds is 4. The molecule has 0 aliphatic carbocycles. The highest BCUT2D eigenvalue weighted by Gasteiger charge is 2.30. The van der Waals surface area contributed by atoms with Gasteiger partial charge in [0.15, 0.2) is 5.76 Å². The average molecular weight is 342 g/mol. The van der Waals surface area contributed by atoms with Gasteiger partial charge in [-0.05, 0) is 38.5 Å². The van der Waals surface area contributed by atoms with Crippen molar-refractivity contribution in [1.82, 2.24) is 5.16 Å². The maximum absolute atomic E-state index is 14.2. The Labute approximate surface area is 132 Å². The Kier molecular flexibility index (Phi) is 4.16. The third-order valence-electron chi connectivity index (χ3n) is 3.46. The van der Waals surface area contributed by atoms with Gasteiger partial charge in [-0.3, -0.25) is 4.31 Å². The van der Waals surface area contributed by atoms with Gasteiger partial charge in [-0.2, -0.15) is 0 Å². The van der Waals surface area contributed by atoms with E-state index in [1.807, 2.05) is 0 Å². The van der Waals surface area contributed by atoms with Gasteiger partial charge in [-0.15, -0.1) is 0 Å². The third kappa shape index (κ3) is 2.79. The maximum atomic E-state index is 14.2. The number of carboxylic acids is 1. The van der Waals surface area contributed by atoms with Crippen molar-refractivity contribution in [1.29, 1.82) is 0 Å². The summed E-state index contributed by atoms with van der Waals surface area (Å²) in [6.07, 6.45) is 0. The standard InChI is InChI=1S/C14H15FN2O5S/c1-7-5-11(15)12(6-10(7)14(18)19)23(20,21)17(4)13-8(2)16-22-9(13)3/h5-6H,1-4H3,(H,18,19). The molecule has 0 saturated carbocycles. The van der Waals surface area contributed by atoms with Crippen LogP contribution >= 0.6 is 0 Å². The van der Waals surface area contributed by atoms with Crippen molar-refractivity contribution in [2.45, 2.75) is 25.7 Å². The summed E-state index contributed by atoms with van der Waals surface area (Å²) in [7, 11) is -3.09. The molecule has 0 bridgehead atoms. The number of aromatic nitrogens is 1. The highest BCUT2D eigenvalue weighted by molar-refractivity contribution is 7.92. The van der Waals surface area contributed by atoms with Crippen LogP contribution in [0.3, 0.4) is 0 Å². The normalized spacial score (nSPS) is 11.5. The minimum atomic E-state index is -4.32. The van der Waals surface area contributed by atoms with E-state index in [0.717, 1.165) is 16.4 Å². The molecule has 0 unspecified atom stereocenters. The van der Waals surface area contributed by atoms with E-state index >= 15 is 0 Å². The topological polar surface area (TPSA) is 101 Å². The molecule has 0 atom stereocenters. The Morgan fingerprint density at radius 2 is 1.91 bits per heavy atom. The number of anilines is 1. The van der Waals surface area contributed by atoms with Gasteiger partial charge in [0.25, 0.3) is 10.0 Å². The van der Waals surface area contributed by atoms with Crippen LogP contribution in [0.25, 0.3) is 0 Å². The highest BCUT2D eigenvalue weighted by atomic mass is 32.2. The second kappa shape index (κ2) is 5.65. The van der Waals surface area contributed by atoms with Crippen molar-refractivity contribution in [3.8, 4) is 0 Å². The smallest absolute Gasteiger partial charge is 0.335 e. The SMILES string of the molecule is Cc1cc(F)c(S(=O)(=O)N(C)c2c(C)noc2C)cc1C(=O)O. The van der Waals surface area contributed by atoms with E-state index in [1.165, 1.54) is 20.9 Å². The average Bonchev–Trinajstić information content (AvgIpc) is 2.76. The van der Waals surface area contributed by atoms with Gasteiger partial charge in [0.1, 0.15) is 22.1 Å². The number of aromatic carboxylic acids is 1. The lowest BCUT2D eigenvalue weighted by Crippen LogP contribution is -2.28. The Balaban J connectivity index is 2.65. The molecular weight excluding hydrogens is 327 g/mol. The Bertz CT molecular complexity index is 869. The molecule has 23 heavy (non-hydrogen) atoms. The van der Waals surface area contributed by atoms with Gasteiger partial charge in [0, 0.05) is 7.05 Å². The second-order valence-electron chi connectivity index (χ2n) is 5.05. The molecule has 2 aromatic rings. The molecule has 0 aliphatic heterocycles. The molecule has 1 N–H and O–H groups in total. The minimum Gasteiger partial charge on any atom is -0.478 e. The summed E-state index contributed by atoms with van der Waals surface area (Å²) in [5.41, 5.74) is 0.354. The van der Waals surface area contributed by atoms with Crippen molar-refractivity contribution in [3.63, 3.8) is 0 Å². The molecule has 1 aromatic heterocycles. The highest BCUT2D eigenvalue weighted by Crippen LogP contribution is 2.30. The van der Waals surface area contributed by atoms with E-state index in [1.54, 1.807) is 6.92 Å². The van der Waals surface area contributed by atoms with Gasteiger partial charge in [0.05, 0.1) is 5.56 Å². The molecule has 0 fully saturated rings. The number of hydrogen-bond acceptors (Lipinski definition) is 5. The lowest BCUT2D eigenvalue weighted by atomic mass is 10.1. The molecule has 2 rings (SSSR count). The van der Waals surface area contributed by atoms with Crippen LogP contribution in [-0.2, 0) is 10.0 Å². The van der Waals surface area contributed by atoms with E-state index in [0.29, 0.717) is 5.69 Å². The van der Waals surface area contributed by atoms with Crippen LogP contribution < -0.4 is 4.31 Å². The summed E-state index contributed by atoms with van der Waals surface area (Å²) in [5, 5.41) is 12.8. The number of carboxylic acid groups (broad SMARTS) is 1. The number of nitrogens with zero attached hydrogens (tertiary/aromatic N) is 2. The van der Waals surface area contributed by atoms with Crippen LogP contribution in [0.5, 0.6) is 0 Å². The molecule has 124 valence electrons. The lowest BCUT2D eigenvalue weighted by Gasteiger charge is -2.19. The summed E-state index contributed by atoms with van der Waals surface area (Å²) < 4.78 is 45.2. The zero-order valence-electron chi connectivity index (χ0n) is 12.9. The third-order valence-corrected chi connectivity index (χ3v) is 5.23. The van der Waals surface area contributed by atoms with Crippen LogP contribution in [0.1, 0.15) is 27.4 Å². The van der Waals surface area contributed by atoms with Gasteiger partial charge in [0.2, 0.25) is 0 Å². The van der Waals surface area contributed by atoms with Crippen LogP contribution in [-0.4, -0.2) is 31.7 Å². The first-order valence-electron chi connectivity index (χ1n) is 6.52. The quantitative estimate of drug-likeness (QED) is 0.914. The predicted octanol–water partition coefficient (Wildman–Crippen LogP) is 2.26. The van der Waals surface area contributed by atoms with Crippen molar-refractivity contribution >= 4 is 21.7 Å². The number of benzene rings is 1. The van der Waals surface area contributed by atoms with Crippen molar-refractivity contribution in [3.05, 3.63) is 40.5 Å². The summed E-state index contributed by atoms with van der Waals surface area (Å²) in [4.78, 5) is 10.4. The molecule has 0 aliphatic rings. The van der Waals surface area contributed by atoms with Gasteiger partial charge < -0.3 is 9.63 Å². The number of halogens is 1. The first kappa shape index (κ1) is 16.9. The first-order chi connectivity index (χ1) is 10.6. The summed E-state index contributed by atoms with van der Waals surface area (Å²) >= 11 is 0. The van der Waals surface area contributed by atoms with Gasteiger partial charge >= 0.3 is 5.97 Å². The molecule has 7 nitrogen and oxygen atoms in total. The summed E-state index contributed by atoms with van der Waals surface area (Å²) in [5.74, 6) is -2.11. The number of aryl methyl sites for hydroxylation is 3. The Morgan fingerprint density at radius 1 is 1.30 bits per heavy atom. The molecule has 9 heteroatoms. The van der Waals surface area contributed by atoms with E-state index in [-0.39, 0.29) is 22.6 Å². The van der Waals surface area contributed by atoms with Crippen LogP contribution in [0.15, 0.2) is 21.6 Å². The molecule has 1 aromatic carbocycles. The van der Waals surface area contributed by atoms with E-state index in [2.05, 4.69) is 5.16 Å². The van der Waals surface area contributed by atoms with Crippen LogP contribution in [0.2, 0.25) is 0 Å². The monoisotopic (exact) mass is 342 g/mol. The second-order valence-corrected chi connectivity index (χ2v) is 6.99. The number of sulfonamides is 1. The maximum Gasteiger partial charge on any atom is 0.335 e. The van der Waals surface area contributed by atoms with E-state index in [4.69, 9.17) is 9.63 Å². The number of carbonyl (C=O) groups is 1. The van der Waals surface area contributed by atoms with Crippen LogP contribution in [0.4, 0.5) is 10.1 Å².